The number of carbonyl (C=O) groups excluding carboxylic acids is 2. The summed E-state index contributed by atoms with van der Waals surface area (Å²) in [6, 6.07) is 24.3. The van der Waals surface area contributed by atoms with Gasteiger partial charge in [-0.25, -0.2) is 14.4 Å². The van der Waals surface area contributed by atoms with E-state index in [2.05, 4.69) is 0 Å². The lowest BCUT2D eigenvalue weighted by Crippen LogP contribution is -2.21. The first-order valence-electron chi connectivity index (χ1n) is 19.7. The van der Waals surface area contributed by atoms with Crippen molar-refractivity contribution in [3.63, 3.8) is 0 Å². The van der Waals surface area contributed by atoms with Crippen LogP contribution in [0.1, 0.15) is 85.2 Å². The van der Waals surface area contributed by atoms with Crippen LogP contribution in [0.15, 0.2) is 119 Å². The van der Waals surface area contributed by atoms with E-state index in [4.69, 9.17) is 43.8 Å². The molecule has 4 aromatic carbocycles. The van der Waals surface area contributed by atoms with E-state index < -0.39 is 22.7 Å². The number of halogens is 1. The molecule has 0 bridgehead atoms. The summed E-state index contributed by atoms with van der Waals surface area (Å²) in [6.45, 7) is 9.67. The molecule has 7 aromatic rings. The van der Waals surface area contributed by atoms with Crippen molar-refractivity contribution in [1.29, 1.82) is 0 Å². The van der Waals surface area contributed by atoms with Crippen LogP contribution in [-0.2, 0) is 0 Å². The van der Waals surface area contributed by atoms with Gasteiger partial charge < -0.3 is 32.2 Å². The van der Waals surface area contributed by atoms with Crippen LogP contribution in [-0.4, -0.2) is 38.0 Å². The molecular weight excluding hydrogens is 792 g/mol. The number of fused-ring (bicyclic) bond motifs is 3. The fraction of sp³-hybridized carbons (Fsp3) is 0.255. The van der Waals surface area contributed by atoms with Crippen LogP contribution in [0.2, 0.25) is 5.02 Å². The van der Waals surface area contributed by atoms with Crippen LogP contribution in [0.25, 0.3) is 32.9 Å². The summed E-state index contributed by atoms with van der Waals surface area (Å²) < 4.78 is 39.4. The Bertz CT molecular complexity index is 2720. The molecule has 0 amide bonds. The van der Waals surface area contributed by atoms with Gasteiger partial charge >= 0.3 is 16.9 Å². The van der Waals surface area contributed by atoms with Gasteiger partial charge in [-0.05, 0) is 62.1 Å². The zero-order valence-corrected chi connectivity index (χ0v) is 34.3. The molecule has 0 aliphatic rings. The van der Waals surface area contributed by atoms with Crippen molar-refractivity contribution >= 4 is 56.1 Å². The Morgan fingerprint density at radius 2 is 0.950 bits per heavy atom. The number of hydrogen-bond donors (Lipinski definition) is 0. The second kappa shape index (κ2) is 19.9. The molecule has 12 nitrogen and oxygen atoms in total. The van der Waals surface area contributed by atoms with Gasteiger partial charge in [-0.3, -0.25) is 9.59 Å². The SMILES string of the molecule is CCCOc1cc(OCCC)c2cc(C(=O)c3cc4c(OCCC)cc(OCCC)cc4oc3=O)c(=O)oc2c1.O=C(c1ccccc1)c1cc2cc(Cl)ccc2oc1=O. The van der Waals surface area contributed by atoms with Gasteiger partial charge in [-0.1, -0.05) is 69.6 Å². The van der Waals surface area contributed by atoms with E-state index in [1.165, 1.54) is 18.2 Å². The Kier molecular flexibility index (Phi) is 14.2. The smallest absolute Gasteiger partial charge is 0.347 e. The van der Waals surface area contributed by atoms with Crippen molar-refractivity contribution in [3.8, 4) is 23.0 Å². The standard InChI is InChI=1S/C31H34O9.C16H9ClO3/c1-5-9-35-19-13-25(37-11-7-3)21-17-23(30(33)39-27(21)15-19)29(32)24-18-22-26(38-12-8-4)14-20(36-10-6-2)16-28(22)40-31(24)34;17-12-6-7-14-11(8-12)9-13(16(19)20-14)15(18)10-4-2-1-3-5-10/h13-18H,5-12H2,1-4H3;1-9H. The number of ether oxygens (including phenoxy) is 4. The third kappa shape index (κ3) is 9.95. The van der Waals surface area contributed by atoms with Gasteiger partial charge in [0.05, 0.1) is 37.2 Å². The van der Waals surface area contributed by atoms with Crippen molar-refractivity contribution in [2.45, 2.75) is 53.4 Å². The van der Waals surface area contributed by atoms with E-state index in [9.17, 15) is 24.0 Å². The lowest BCUT2D eigenvalue weighted by atomic mass is 10.0. The maximum absolute atomic E-state index is 13.6. The van der Waals surface area contributed by atoms with Crippen LogP contribution in [0.5, 0.6) is 23.0 Å². The van der Waals surface area contributed by atoms with Crippen LogP contribution >= 0.6 is 11.6 Å². The molecule has 3 aromatic heterocycles. The molecule has 0 unspecified atom stereocenters. The molecule has 3 heterocycles. The van der Waals surface area contributed by atoms with Crippen LogP contribution in [0.4, 0.5) is 0 Å². The van der Waals surface area contributed by atoms with E-state index in [1.807, 2.05) is 27.7 Å². The number of benzene rings is 4. The van der Waals surface area contributed by atoms with Gasteiger partial charge in [0.1, 0.15) is 56.4 Å². The van der Waals surface area contributed by atoms with Gasteiger partial charge in [0.25, 0.3) is 0 Å². The first-order chi connectivity index (χ1) is 29.0. The monoisotopic (exact) mass is 834 g/mol. The van der Waals surface area contributed by atoms with Gasteiger partial charge in [0, 0.05) is 40.2 Å². The van der Waals surface area contributed by atoms with Gasteiger partial charge in [0.2, 0.25) is 5.78 Å². The molecule has 0 N–H and O–H groups in total. The quantitative estimate of drug-likeness (QED) is 0.0670. The second-order valence-electron chi connectivity index (χ2n) is 13.6. The van der Waals surface area contributed by atoms with Crippen LogP contribution in [0, 0.1) is 0 Å². The molecule has 0 fully saturated rings. The number of ketones is 2. The Hall–Kier alpha value is -6.66. The molecule has 0 aliphatic heterocycles. The minimum Gasteiger partial charge on any atom is -0.493 e. The van der Waals surface area contributed by atoms with Crippen LogP contribution < -0.4 is 35.8 Å². The van der Waals surface area contributed by atoms with E-state index in [0.717, 1.165) is 25.7 Å². The van der Waals surface area contributed by atoms with E-state index in [1.54, 1.807) is 72.8 Å². The molecule has 7 rings (SSSR count). The van der Waals surface area contributed by atoms with E-state index >= 15 is 0 Å². The molecule has 0 radical (unpaired) electrons. The first kappa shape index (κ1) is 42.9. The molecule has 0 atom stereocenters. The average Bonchev–Trinajstić information content (AvgIpc) is 3.25. The summed E-state index contributed by atoms with van der Waals surface area (Å²) >= 11 is 5.90. The number of carbonyl (C=O) groups is 2. The van der Waals surface area contributed by atoms with Gasteiger partial charge in [-0.2, -0.15) is 0 Å². The van der Waals surface area contributed by atoms with E-state index in [0.29, 0.717) is 81.8 Å². The van der Waals surface area contributed by atoms with Crippen molar-refractivity contribution in [3.05, 3.63) is 150 Å². The van der Waals surface area contributed by atoms with Crippen LogP contribution in [0.3, 0.4) is 0 Å². The fourth-order valence-corrected chi connectivity index (χ4v) is 6.23. The highest BCUT2D eigenvalue weighted by atomic mass is 35.5. The minimum atomic E-state index is -0.892. The third-order valence-corrected chi connectivity index (χ3v) is 9.15. The zero-order chi connectivity index (χ0) is 42.8. The average molecular weight is 835 g/mol. The zero-order valence-electron chi connectivity index (χ0n) is 33.6. The highest BCUT2D eigenvalue weighted by molar-refractivity contribution is 6.31. The van der Waals surface area contributed by atoms with Crippen molar-refractivity contribution in [2.75, 3.05) is 26.4 Å². The molecule has 0 aliphatic carbocycles. The number of hydrogen-bond acceptors (Lipinski definition) is 12. The molecule has 60 heavy (non-hydrogen) atoms. The maximum Gasteiger partial charge on any atom is 0.347 e. The topological polar surface area (TPSA) is 162 Å². The molecule has 13 heteroatoms. The third-order valence-electron chi connectivity index (χ3n) is 8.91. The Morgan fingerprint density at radius 1 is 0.500 bits per heavy atom. The number of rotatable bonds is 16. The van der Waals surface area contributed by atoms with Crippen molar-refractivity contribution in [1.82, 2.24) is 0 Å². The predicted octanol–water partition coefficient (Wildman–Crippen LogP) is 9.96. The molecular formula is C47H43ClO12. The molecule has 310 valence electrons. The molecule has 0 saturated carbocycles. The minimum absolute atomic E-state index is 0.00552. The van der Waals surface area contributed by atoms with E-state index in [-0.39, 0.29) is 33.6 Å². The Labute approximate surface area is 349 Å². The summed E-state index contributed by atoms with van der Waals surface area (Å²) in [5, 5.41) is 1.96. The highest BCUT2D eigenvalue weighted by Crippen LogP contribution is 2.34. The summed E-state index contributed by atoms with van der Waals surface area (Å²) in [7, 11) is 0. The van der Waals surface area contributed by atoms with Gasteiger partial charge in [-0.15, -0.1) is 0 Å². The Balaban J connectivity index is 0.000000251. The summed E-state index contributed by atoms with van der Waals surface area (Å²) in [6.07, 6.45) is 3.09. The second-order valence-corrected chi connectivity index (χ2v) is 14.0. The lowest BCUT2D eigenvalue weighted by Gasteiger charge is -2.13. The fourth-order valence-electron chi connectivity index (χ4n) is 6.05. The largest absolute Gasteiger partial charge is 0.493 e. The maximum atomic E-state index is 13.6. The van der Waals surface area contributed by atoms with Crippen molar-refractivity contribution in [2.24, 2.45) is 0 Å². The summed E-state index contributed by atoms with van der Waals surface area (Å²) in [4.78, 5) is 63.8. The molecule has 0 saturated heterocycles. The highest BCUT2D eigenvalue weighted by Gasteiger charge is 2.24. The van der Waals surface area contributed by atoms with Gasteiger partial charge in [0.15, 0.2) is 5.78 Å². The summed E-state index contributed by atoms with van der Waals surface area (Å²) in [5.74, 6) is 0.597. The first-order valence-corrected chi connectivity index (χ1v) is 20.1. The van der Waals surface area contributed by atoms with Crippen molar-refractivity contribution < 1.29 is 41.8 Å². The Morgan fingerprint density at radius 3 is 1.43 bits per heavy atom. The summed E-state index contributed by atoms with van der Waals surface area (Å²) in [5.41, 5.74) is -1.79. The lowest BCUT2D eigenvalue weighted by molar-refractivity contribution is 0.102. The predicted molar refractivity (Wildman–Crippen MR) is 229 cm³/mol. The molecule has 0 spiro atoms. The normalized spacial score (nSPS) is 10.9.